The summed E-state index contributed by atoms with van der Waals surface area (Å²) in [4.78, 5) is 0. The second-order valence-corrected chi connectivity index (χ2v) is 9.22. The molecule has 0 atom stereocenters. The van der Waals surface area contributed by atoms with Crippen molar-refractivity contribution < 1.29 is 11.7 Å². The lowest BCUT2D eigenvalue weighted by Gasteiger charge is -2.18. The second kappa shape index (κ2) is 6.70. The number of benzene rings is 3. The molecule has 0 saturated carbocycles. The Balaban J connectivity index is 1.82. The van der Waals surface area contributed by atoms with Gasteiger partial charge in [0.1, 0.15) is 18.2 Å². The highest BCUT2D eigenvalue weighted by molar-refractivity contribution is 6.13. The van der Waals surface area contributed by atoms with Crippen molar-refractivity contribution in [2.45, 2.75) is 34.1 Å². The van der Waals surface area contributed by atoms with Crippen molar-refractivity contribution in [2.75, 3.05) is 0 Å². The molecule has 0 bridgehead atoms. The van der Waals surface area contributed by atoms with Gasteiger partial charge in [-0.2, -0.15) is 0 Å². The molecule has 150 valence electrons. The van der Waals surface area contributed by atoms with Crippen LogP contribution in [0.1, 0.15) is 34.6 Å². The maximum absolute atomic E-state index is 8.77. The highest BCUT2D eigenvalue weighted by Crippen LogP contribution is 2.38. The summed E-state index contributed by atoms with van der Waals surface area (Å²) in [7, 11) is 2.00. The van der Waals surface area contributed by atoms with Gasteiger partial charge in [-0.05, 0) is 52.7 Å². The van der Waals surface area contributed by atoms with Gasteiger partial charge in [0.2, 0.25) is 5.69 Å². The van der Waals surface area contributed by atoms with Gasteiger partial charge in [0.05, 0.1) is 5.56 Å². The van der Waals surface area contributed by atoms with Crippen molar-refractivity contribution in [2.24, 2.45) is 12.5 Å². The molecule has 2 heteroatoms. The van der Waals surface area contributed by atoms with Crippen LogP contribution in [0.25, 0.3) is 44.0 Å². The van der Waals surface area contributed by atoms with E-state index in [9.17, 15) is 0 Å². The minimum Gasteiger partial charge on any atom is -0.455 e. The van der Waals surface area contributed by atoms with Crippen LogP contribution in [0.4, 0.5) is 0 Å². The molecule has 0 N–H and O–H groups in total. The number of pyridine rings is 1. The van der Waals surface area contributed by atoms with Crippen LogP contribution >= 0.6 is 0 Å². The Kier molecular flexibility index (Phi) is 3.72. The predicted octanol–water partition coefficient (Wildman–Crippen LogP) is 7.13. The molecule has 0 aliphatic rings. The predicted molar refractivity (Wildman–Crippen MR) is 126 cm³/mol. The van der Waals surface area contributed by atoms with E-state index >= 15 is 0 Å². The lowest BCUT2D eigenvalue weighted by atomic mass is 9.88. The molecule has 0 unspecified atom stereocenters. The summed E-state index contributed by atoms with van der Waals surface area (Å²) in [5.41, 5.74) is 4.93. The number of furan rings is 1. The fourth-order valence-corrected chi connectivity index (χ4v) is 4.27. The molecule has 2 heterocycles. The smallest absolute Gasteiger partial charge is 0.216 e. The van der Waals surface area contributed by atoms with Gasteiger partial charge in [-0.1, -0.05) is 57.2 Å². The van der Waals surface area contributed by atoms with Crippen molar-refractivity contribution in [1.29, 1.82) is 0 Å². The molecule has 2 aromatic heterocycles. The van der Waals surface area contributed by atoms with Crippen molar-refractivity contribution in [3.05, 3.63) is 78.0 Å². The molecule has 0 saturated heterocycles. The lowest BCUT2D eigenvalue weighted by Crippen LogP contribution is -2.31. The molecule has 0 fully saturated rings. The molecule has 30 heavy (non-hydrogen) atoms. The summed E-state index contributed by atoms with van der Waals surface area (Å²) in [5.74, 6) is 0. The van der Waals surface area contributed by atoms with E-state index in [2.05, 4.69) is 49.4 Å². The zero-order chi connectivity index (χ0) is 22.8. The van der Waals surface area contributed by atoms with Crippen molar-refractivity contribution >= 4 is 32.7 Å². The van der Waals surface area contributed by atoms with Gasteiger partial charge >= 0.3 is 0 Å². The van der Waals surface area contributed by atoms with E-state index in [1.54, 1.807) is 0 Å². The summed E-state index contributed by atoms with van der Waals surface area (Å²) in [5, 5.41) is 4.53. The highest BCUT2D eigenvalue weighted by atomic mass is 16.3. The fraction of sp³-hybridized carbons (Fsp3) is 0.250. The highest BCUT2D eigenvalue weighted by Gasteiger charge is 2.22. The van der Waals surface area contributed by atoms with Gasteiger partial charge in [0.15, 0.2) is 6.20 Å². The van der Waals surface area contributed by atoms with Crippen LogP contribution in [0.3, 0.4) is 0 Å². The van der Waals surface area contributed by atoms with Crippen LogP contribution in [0.2, 0.25) is 0 Å². The van der Waals surface area contributed by atoms with E-state index < -0.39 is 11.8 Å². The fourth-order valence-electron chi connectivity index (χ4n) is 4.27. The molecule has 5 rings (SSSR count). The normalized spacial score (nSPS) is 13.8. The SMILES string of the molecule is [2H]C([2H])(c1cc[n+](C)c(-c2c(C)ccc3c2oc2cc4ccccc4cc23)c1)C(C)(C)C. The molecule has 5 aromatic rings. The first kappa shape index (κ1) is 16.6. The van der Waals surface area contributed by atoms with Gasteiger partial charge in [0.25, 0.3) is 0 Å². The van der Waals surface area contributed by atoms with Crippen molar-refractivity contribution in [3.8, 4) is 11.3 Å². The average molecular weight is 397 g/mol. The minimum atomic E-state index is -1.47. The maximum atomic E-state index is 8.77. The maximum Gasteiger partial charge on any atom is 0.216 e. The zero-order valence-corrected chi connectivity index (χ0v) is 18.2. The molecule has 0 spiro atoms. The van der Waals surface area contributed by atoms with E-state index in [-0.39, 0.29) is 0 Å². The van der Waals surface area contributed by atoms with Crippen LogP contribution in [-0.4, -0.2) is 0 Å². The number of nitrogens with zero attached hydrogens (tertiary/aromatic N) is 1. The average Bonchev–Trinajstić information content (AvgIpc) is 3.09. The first-order valence-corrected chi connectivity index (χ1v) is 10.4. The molecule has 0 aliphatic heterocycles. The summed E-state index contributed by atoms with van der Waals surface area (Å²) in [6, 6.07) is 20.8. The van der Waals surface area contributed by atoms with Gasteiger partial charge in [-0.25, -0.2) is 4.57 Å². The number of rotatable bonds is 2. The topological polar surface area (TPSA) is 17.0 Å². The number of fused-ring (bicyclic) bond motifs is 4. The number of aryl methyl sites for hydroxylation is 2. The summed E-state index contributed by atoms with van der Waals surface area (Å²) in [6.45, 7) is 7.91. The van der Waals surface area contributed by atoms with Crippen molar-refractivity contribution in [3.63, 3.8) is 0 Å². The van der Waals surface area contributed by atoms with Gasteiger partial charge in [0, 0.05) is 25.6 Å². The third kappa shape index (κ3) is 3.17. The van der Waals surface area contributed by atoms with Crippen LogP contribution < -0.4 is 4.57 Å². The zero-order valence-electron chi connectivity index (χ0n) is 20.2. The largest absolute Gasteiger partial charge is 0.455 e. The van der Waals surface area contributed by atoms with E-state index in [1.807, 2.05) is 56.8 Å². The van der Waals surface area contributed by atoms with E-state index in [0.29, 0.717) is 5.56 Å². The van der Waals surface area contributed by atoms with Crippen LogP contribution in [-0.2, 0) is 13.4 Å². The number of hydrogen-bond acceptors (Lipinski definition) is 1. The Bertz CT molecular complexity index is 1510. The third-order valence-corrected chi connectivity index (χ3v) is 5.64. The second-order valence-electron chi connectivity index (χ2n) is 9.22. The first-order chi connectivity index (χ1) is 15.1. The minimum absolute atomic E-state index is 0.523. The lowest BCUT2D eigenvalue weighted by molar-refractivity contribution is -0.660. The monoisotopic (exact) mass is 396 g/mol. The third-order valence-electron chi connectivity index (χ3n) is 5.64. The van der Waals surface area contributed by atoms with E-state index in [4.69, 9.17) is 7.16 Å². The molecular formula is C28H28NO+. The van der Waals surface area contributed by atoms with Gasteiger partial charge in [-0.3, -0.25) is 0 Å². The quantitative estimate of drug-likeness (QED) is 0.290. The van der Waals surface area contributed by atoms with Crippen LogP contribution in [0.15, 0.2) is 71.3 Å². The Morgan fingerprint density at radius 3 is 2.40 bits per heavy atom. The van der Waals surface area contributed by atoms with Crippen molar-refractivity contribution in [1.82, 2.24) is 0 Å². The summed E-state index contributed by atoms with van der Waals surface area (Å²) in [6.07, 6.45) is 0.479. The Morgan fingerprint density at radius 1 is 0.933 bits per heavy atom. The number of aromatic nitrogens is 1. The van der Waals surface area contributed by atoms with E-state index in [0.717, 1.165) is 44.1 Å². The molecule has 0 radical (unpaired) electrons. The van der Waals surface area contributed by atoms with E-state index in [1.165, 1.54) is 5.39 Å². The number of hydrogen-bond donors (Lipinski definition) is 0. The Morgan fingerprint density at radius 2 is 1.67 bits per heavy atom. The Labute approximate surface area is 180 Å². The molecule has 0 amide bonds. The molecular weight excluding hydrogens is 366 g/mol. The van der Waals surface area contributed by atoms with Crippen LogP contribution in [0, 0.1) is 12.3 Å². The van der Waals surface area contributed by atoms with Gasteiger partial charge in [-0.15, -0.1) is 0 Å². The molecule has 0 aliphatic carbocycles. The Hall–Kier alpha value is -3.13. The summed E-state index contributed by atoms with van der Waals surface area (Å²) >= 11 is 0. The molecule has 3 aromatic carbocycles. The standard InChI is InChI=1S/C28H28NO/c1-18-10-11-22-23-15-20-8-6-7-9-21(20)16-25(23)30-27(22)26(18)24-14-19(12-13-29(24)5)17-28(2,3)4/h6-16H,17H2,1-5H3/q+1/i17D2. The first-order valence-electron chi connectivity index (χ1n) is 11.4. The van der Waals surface area contributed by atoms with Crippen LogP contribution in [0.5, 0.6) is 0 Å². The van der Waals surface area contributed by atoms with Gasteiger partial charge < -0.3 is 4.42 Å². The molecule has 2 nitrogen and oxygen atoms in total. The summed E-state index contributed by atoms with van der Waals surface area (Å²) < 4.78 is 26.1.